The van der Waals surface area contributed by atoms with Gasteiger partial charge in [0.2, 0.25) is 0 Å². The standard InChI is InChI=1S/C12H16F3NO2/c1-8(12(13,14)15)18-7-11(17)10-4-2-9(6-16)3-5-10/h2-5,8,11,17H,6-7,16H2,1H3. The largest absolute Gasteiger partial charge is 0.414 e. The highest BCUT2D eigenvalue weighted by molar-refractivity contribution is 5.24. The van der Waals surface area contributed by atoms with Crippen LogP contribution >= 0.6 is 0 Å². The molecule has 0 aliphatic rings. The van der Waals surface area contributed by atoms with E-state index in [0.717, 1.165) is 12.5 Å². The number of aliphatic hydroxyl groups is 1. The molecule has 0 aliphatic carbocycles. The molecule has 2 unspecified atom stereocenters. The summed E-state index contributed by atoms with van der Waals surface area (Å²) in [6.07, 6.45) is -7.39. The zero-order valence-corrected chi connectivity index (χ0v) is 9.95. The fraction of sp³-hybridized carbons (Fsp3) is 0.500. The summed E-state index contributed by atoms with van der Waals surface area (Å²) in [7, 11) is 0. The van der Waals surface area contributed by atoms with Gasteiger partial charge in [0.25, 0.3) is 0 Å². The summed E-state index contributed by atoms with van der Waals surface area (Å²) < 4.78 is 41.1. The van der Waals surface area contributed by atoms with Crippen molar-refractivity contribution < 1.29 is 23.0 Å². The molecule has 0 bridgehead atoms. The molecule has 0 heterocycles. The van der Waals surface area contributed by atoms with E-state index in [1.807, 2.05) is 0 Å². The SMILES string of the molecule is CC(OCC(O)c1ccc(CN)cc1)C(F)(F)F. The number of ether oxygens (including phenoxy) is 1. The minimum absolute atomic E-state index is 0.373. The summed E-state index contributed by atoms with van der Waals surface area (Å²) in [6, 6.07) is 6.67. The second kappa shape index (κ2) is 6.17. The molecule has 0 saturated heterocycles. The number of rotatable bonds is 5. The lowest BCUT2D eigenvalue weighted by atomic mass is 10.1. The molecule has 0 fully saturated rings. The highest BCUT2D eigenvalue weighted by Crippen LogP contribution is 2.24. The van der Waals surface area contributed by atoms with Crippen molar-refractivity contribution in [2.45, 2.75) is 31.9 Å². The van der Waals surface area contributed by atoms with Gasteiger partial charge in [0, 0.05) is 6.54 Å². The summed E-state index contributed by atoms with van der Waals surface area (Å²) in [6.45, 7) is 0.880. The van der Waals surface area contributed by atoms with Crippen LogP contribution in [0.5, 0.6) is 0 Å². The first-order chi connectivity index (χ1) is 8.34. The monoisotopic (exact) mass is 263 g/mol. The first kappa shape index (κ1) is 14.9. The second-order valence-electron chi connectivity index (χ2n) is 3.98. The van der Waals surface area contributed by atoms with E-state index in [1.165, 1.54) is 0 Å². The Labute approximate surface area is 103 Å². The summed E-state index contributed by atoms with van der Waals surface area (Å²) in [5, 5.41) is 9.68. The van der Waals surface area contributed by atoms with Crippen molar-refractivity contribution in [1.29, 1.82) is 0 Å². The van der Waals surface area contributed by atoms with Gasteiger partial charge >= 0.3 is 6.18 Å². The van der Waals surface area contributed by atoms with Crippen LogP contribution in [0, 0.1) is 0 Å². The van der Waals surface area contributed by atoms with Gasteiger partial charge in [0.1, 0.15) is 6.10 Å². The molecule has 18 heavy (non-hydrogen) atoms. The van der Waals surface area contributed by atoms with Crippen LogP contribution in [-0.2, 0) is 11.3 Å². The summed E-state index contributed by atoms with van der Waals surface area (Å²) in [5.41, 5.74) is 6.80. The van der Waals surface area contributed by atoms with E-state index in [9.17, 15) is 18.3 Å². The van der Waals surface area contributed by atoms with Crippen molar-refractivity contribution in [3.8, 4) is 0 Å². The van der Waals surface area contributed by atoms with Gasteiger partial charge in [-0.15, -0.1) is 0 Å². The first-order valence-electron chi connectivity index (χ1n) is 5.50. The number of halogens is 3. The van der Waals surface area contributed by atoms with Crippen LogP contribution < -0.4 is 5.73 Å². The molecule has 1 aromatic carbocycles. The molecule has 102 valence electrons. The Bertz CT molecular complexity index is 365. The van der Waals surface area contributed by atoms with E-state index in [2.05, 4.69) is 4.74 Å². The summed E-state index contributed by atoms with van der Waals surface area (Å²) >= 11 is 0. The third kappa shape index (κ3) is 4.29. The summed E-state index contributed by atoms with van der Waals surface area (Å²) in [5.74, 6) is 0. The van der Waals surface area contributed by atoms with Crippen molar-refractivity contribution in [3.05, 3.63) is 35.4 Å². The number of benzene rings is 1. The van der Waals surface area contributed by atoms with Gasteiger partial charge in [-0.2, -0.15) is 13.2 Å². The topological polar surface area (TPSA) is 55.5 Å². The van der Waals surface area contributed by atoms with Gasteiger partial charge in [-0.05, 0) is 18.1 Å². The molecule has 0 saturated carbocycles. The van der Waals surface area contributed by atoms with Crippen molar-refractivity contribution >= 4 is 0 Å². The Morgan fingerprint density at radius 2 is 1.83 bits per heavy atom. The molecule has 3 nitrogen and oxygen atoms in total. The highest BCUT2D eigenvalue weighted by atomic mass is 19.4. The van der Waals surface area contributed by atoms with E-state index in [0.29, 0.717) is 12.1 Å². The number of hydrogen-bond donors (Lipinski definition) is 2. The van der Waals surface area contributed by atoms with Crippen molar-refractivity contribution in [1.82, 2.24) is 0 Å². The van der Waals surface area contributed by atoms with Gasteiger partial charge < -0.3 is 15.6 Å². The Balaban J connectivity index is 2.52. The third-order valence-corrected chi connectivity index (χ3v) is 2.57. The Morgan fingerprint density at radius 1 is 1.28 bits per heavy atom. The van der Waals surface area contributed by atoms with Crippen molar-refractivity contribution in [2.24, 2.45) is 5.73 Å². The lowest BCUT2D eigenvalue weighted by Crippen LogP contribution is -2.30. The molecule has 6 heteroatoms. The van der Waals surface area contributed by atoms with E-state index in [-0.39, 0.29) is 0 Å². The minimum Gasteiger partial charge on any atom is -0.386 e. The zero-order valence-electron chi connectivity index (χ0n) is 9.95. The van der Waals surface area contributed by atoms with E-state index < -0.39 is 25.0 Å². The molecule has 1 rings (SSSR count). The molecule has 2 atom stereocenters. The molecule has 0 radical (unpaired) electrons. The highest BCUT2D eigenvalue weighted by Gasteiger charge is 2.37. The minimum atomic E-state index is -4.41. The first-order valence-corrected chi connectivity index (χ1v) is 5.50. The van der Waals surface area contributed by atoms with Crippen LogP contribution in [0.3, 0.4) is 0 Å². The van der Waals surface area contributed by atoms with Crippen LogP contribution in [0.25, 0.3) is 0 Å². The maximum absolute atomic E-state index is 12.2. The maximum Gasteiger partial charge on any atom is 0.414 e. The lowest BCUT2D eigenvalue weighted by molar-refractivity contribution is -0.219. The normalized spacial score (nSPS) is 15.4. The molecule has 0 spiro atoms. The quantitative estimate of drug-likeness (QED) is 0.855. The van der Waals surface area contributed by atoms with Crippen LogP contribution in [-0.4, -0.2) is 24.0 Å². The maximum atomic E-state index is 12.2. The average molecular weight is 263 g/mol. The Hall–Kier alpha value is -1.11. The van der Waals surface area contributed by atoms with Gasteiger partial charge in [0.15, 0.2) is 6.10 Å². The molecule has 0 aromatic heterocycles. The van der Waals surface area contributed by atoms with Gasteiger partial charge in [0.05, 0.1) is 6.61 Å². The predicted molar refractivity (Wildman–Crippen MR) is 60.8 cm³/mol. The molecule has 0 aliphatic heterocycles. The predicted octanol–water partition coefficient (Wildman–Crippen LogP) is 2.15. The Morgan fingerprint density at radius 3 is 2.28 bits per heavy atom. The Kier molecular flexibility index (Phi) is 5.13. The van der Waals surface area contributed by atoms with E-state index in [1.54, 1.807) is 24.3 Å². The number of aliphatic hydroxyl groups excluding tert-OH is 1. The zero-order chi connectivity index (χ0) is 13.8. The van der Waals surface area contributed by atoms with Crippen LogP contribution in [0.4, 0.5) is 13.2 Å². The molecular weight excluding hydrogens is 247 g/mol. The molecule has 0 amide bonds. The second-order valence-corrected chi connectivity index (χ2v) is 3.98. The van der Waals surface area contributed by atoms with Crippen LogP contribution in [0.2, 0.25) is 0 Å². The van der Waals surface area contributed by atoms with Crippen LogP contribution in [0.1, 0.15) is 24.2 Å². The molecular formula is C12H16F3NO2. The molecule has 1 aromatic rings. The van der Waals surface area contributed by atoms with E-state index in [4.69, 9.17) is 5.73 Å². The third-order valence-electron chi connectivity index (χ3n) is 2.57. The number of alkyl halides is 3. The van der Waals surface area contributed by atoms with Gasteiger partial charge in [-0.3, -0.25) is 0 Å². The van der Waals surface area contributed by atoms with Crippen molar-refractivity contribution in [3.63, 3.8) is 0 Å². The molecule has 3 N–H and O–H groups in total. The van der Waals surface area contributed by atoms with Gasteiger partial charge in [-0.1, -0.05) is 24.3 Å². The van der Waals surface area contributed by atoms with Crippen molar-refractivity contribution in [2.75, 3.05) is 6.61 Å². The van der Waals surface area contributed by atoms with Gasteiger partial charge in [-0.25, -0.2) is 0 Å². The average Bonchev–Trinajstić information content (AvgIpc) is 2.34. The fourth-order valence-electron chi connectivity index (χ4n) is 1.30. The summed E-state index contributed by atoms with van der Waals surface area (Å²) in [4.78, 5) is 0. The number of nitrogens with two attached hydrogens (primary N) is 1. The van der Waals surface area contributed by atoms with E-state index >= 15 is 0 Å². The lowest BCUT2D eigenvalue weighted by Gasteiger charge is -2.19. The van der Waals surface area contributed by atoms with Crippen LogP contribution in [0.15, 0.2) is 24.3 Å². The number of hydrogen-bond acceptors (Lipinski definition) is 3. The fourth-order valence-corrected chi connectivity index (χ4v) is 1.30. The smallest absolute Gasteiger partial charge is 0.386 e.